The molecule has 0 radical (unpaired) electrons. The minimum atomic E-state index is -2.72. The van der Waals surface area contributed by atoms with E-state index in [9.17, 15) is 0 Å². The molecule has 0 unspecified atom stereocenters. The van der Waals surface area contributed by atoms with Crippen LogP contribution in [0.3, 0.4) is 0 Å². The highest BCUT2D eigenvalue weighted by Crippen LogP contribution is 2.26. The molecular formula is C30H70NO9Si3+. The average Bonchev–Trinajstić information content (AvgIpc) is 2.94. The van der Waals surface area contributed by atoms with Crippen molar-refractivity contribution in [2.75, 3.05) is 85.6 Å². The molecule has 0 rings (SSSR count). The molecule has 0 aromatic rings. The Morgan fingerprint density at radius 3 is 0.698 bits per heavy atom. The number of nitrogens with zero attached hydrogens (tertiary/aromatic N) is 1. The van der Waals surface area contributed by atoms with Crippen LogP contribution in [0.4, 0.5) is 0 Å². The Labute approximate surface area is 269 Å². The number of hydrogen-bond acceptors (Lipinski definition) is 9. The van der Waals surface area contributed by atoms with Gasteiger partial charge in [0.15, 0.2) is 0 Å². The Morgan fingerprint density at radius 1 is 0.326 bits per heavy atom. The zero-order valence-corrected chi connectivity index (χ0v) is 32.8. The van der Waals surface area contributed by atoms with Crippen molar-refractivity contribution in [1.29, 1.82) is 0 Å². The smallest absolute Gasteiger partial charge is 0.374 e. The van der Waals surface area contributed by atoms with Gasteiger partial charge in [-0.15, -0.1) is 0 Å². The van der Waals surface area contributed by atoms with E-state index in [0.29, 0.717) is 59.5 Å². The lowest BCUT2D eigenvalue weighted by Crippen LogP contribution is -2.54. The maximum atomic E-state index is 6.20. The molecule has 0 aliphatic carbocycles. The largest absolute Gasteiger partial charge is 0.501 e. The minimum absolute atomic E-state index is 0.596. The van der Waals surface area contributed by atoms with E-state index < -0.39 is 26.4 Å². The van der Waals surface area contributed by atoms with Gasteiger partial charge >= 0.3 is 26.4 Å². The molecule has 0 aromatic carbocycles. The van der Waals surface area contributed by atoms with Crippen LogP contribution in [0.2, 0.25) is 18.1 Å². The van der Waals surface area contributed by atoms with Gasteiger partial charge in [-0.1, -0.05) is 6.92 Å². The predicted octanol–water partition coefficient (Wildman–Crippen LogP) is 6.53. The lowest BCUT2D eigenvalue weighted by Gasteiger charge is -2.41. The van der Waals surface area contributed by atoms with Gasteiger partial charge in [-0.3, -0.25) is 0 Å². The van der Waals surface area contributed by atoms with Crippen molar-refractivity contribution in [3.05, 3.63) is 0 Å². The van der Waals surface area contributed by atoms with Gasteiger partial charge in [0.2, 0.25) is 0 Å². The van der Waals surface area contributed by atoms with Crippen LogP contribution in [0, 0.1) is 0 Å². The van der Waals surface area contributed by atoms with Crippen LogP contribution in [0.25, 0.3) is 0 Å². The highest BCUT2D eigenvalue weighted by molar-refractivity contribution is 6.61. The Bertz CT molecular complexity index is 522. The van der Waals surface area contributed by atoms with Gasteiger partial charge < -0.3 is 44.3 Å². The SMILES string of the molecule is CCC[N+](CCC[Si](OCC)(OCC)OCC)(CCC[Si](OCC)(OCC)OCC)CCC[Si](OCC)(OCC)OCC. The third kappa shape index (κ3) is 16.6. The molecule has 260 valence electrons. The van der Waals surface area contributed by atoms with E-state index in [2.05, 4.69) is 6.92 Å². The third-order valence-corrected chi connectivity index (χ3v) is 16.8. The molecule has 0 spiro atoms. The predicted molar refractivity (Wildman–Crippen MR) is 180 cm³/mol. The van der Waals surface area contributed by atoms with Gasteiger partial charge in [0.25, 0.3) is 0 Å². The molecule has 0 fully saturated rings. The molecule has 0 aliphatic heterocycles. The molecule has 0 bridgehead atoms. The fourth-order valence-corrected chi connectivity index (χ4v) is 13.8. The lowest BCUT2D eigenvalue weighted by molar-refractivity contribution is -0.928. The summed E-state index contributed by atoms with van der Waals surface area (Å²) in [5.74, 6) is 0. The highest BCUT2D eigenvalue weighted by atomic mass is 28.4. The van der Waals surface area contributed by atoms with E-state index in [1.54, 1.807) is 0 Å². The summed E-state index contributed by atoms with van der Waals surface area (Å²) in [6.07, 6.45) is 4.02. The van der Waals surface area contributed by atoms with Crippen molar-refractivity contribution in [2.24, 2.45) is 0 Å². The van der Waals surface area contributed by atoms with E-state index >= 15 is 0 Å². The molecule has 13 heteroatoms. The molecule has 0 aliphatic rings. The summed E-state index contributed by atoms with van der Waals surface area (Å²) in [5, 5.41) is 0. The van der Waals surface area contributed by atoms with Crippen LogP contribution < -0.4 is 0 Å². The van der Waals surface area contributed by atoms with E-state index in [1.165, 1.54) is 0 Å². The topological polar surface area (TPSA) is 83.1 Å². The Morgan fingerprint density at radius 2 is 0.535 bits per heavy atom. The molecule has 0 amide bonds. The van der Waals surface area contributed by atoms with Crippen LogP contribution in [0.15, 0.2) is 0 Å². The van der Waals surface area contributed by atoms with Crippen LogP contribution >= 0.6 is 0 Å². The molecular weight excluding hydrogens is 603 g/mol. The van der Waals surface area contributed by atoms with Gasteiger partial charge in [-0.25, -0.2) is 0 Å². The number of rotatable bonds is 32. The molecule has 0 saturated carbocycles. The van der Waals surface area contributed by atoms with E-state index in [-0.39, 0.29) is 0 Å². The number of quaternary nitrogens is 1. The summed E-state index contributed by atoms with van der Waals surface area (Å²) in [6, 6.07) is 2.45. The molecule has 0 heterocycles. The van der Waals surface area contributed by atoms with Gasteiger partial charge in [-0.2, -0.15) is 0 Å². The van der Waals surface area contributed by atoms with E-state index in [0.717, 1.165) is 74.5 Å². The first-order valence-electron chi connectivity index (χ1n) is 17.3. The van der Waals surface area contributed by atoms with Crippen LogP contribution in [0.1, 0.15) is 94.9 Å². The lowest BCUT2D eigenvalue weighted by atomic mass is 10.2. The summed E-state index contributed by atoms with van der Waals surface area (Å²) in [4.78, 5) is 0. The normalized spacial score (nSPS) is 13.3. The highest BCUT2D eigenvalue weighted by Gasteiger charge is 2.44. The van der Waals surface area contributed by atoms with Gasteiger partial charge in [-0.05, 0) is 68.7 Å². The summed E-state index contributed by atoms with van der Waals surface area (Å²) >= 11 is 0. The molecule has 0 saturated heterocycles. The van der Waals surface area contributed by atoms with Crippen molar-refractivity contribution in [2.45, 2.75) is 113 Å². The second-order valence-corrected chi connectivity index (χ2v) is 18.7. The zero-order valence-electron chi connectivity index (χ0n) is 29.8. The number of hydrogen-bond donors (Lipinski definition) is 0. The van der Waals surface area contributed by atoms with Crippen molar-refractivity contribution in [3.63, 3.8) is 0 Å². The van der Waals surface area contributed by atoms with Crippen LogP contribution in [-0.4, -0.2) is 117 Å². The fourth-order valence-electron chi connectivity index (χ4n) is 6.04. The molecule has 43 heavy (non-hydrogen) atoms. The second-order valence-electron chi connectivity index (χ2n) is 10.5. The van der Waals surface area contributed by atoms with Crippen molar-refractivity contribution >= 4 is 26.4 Å². The molecule has 0 N–H and O–H groups in total. The van der Waals surface area contributed by atoms with Crippen molar-refractivity contribution in [1.82, 2.24) is 0 Å². The summed E-state index contributed by atoms with van der Waals surface area (Å²) < 4.78 is 56.8. The van der Waals surface area contributed by atoms with Crippen molar-refractivity contribution in [3.8, 4) is 0 Å². The molecule has 10 nitrogen and oxygen atoms in total. The Kier molecular flexibility index (Phi) is 25.5. The summed E-state index contributed by atoms with van der Waals surface area (Å²) in [7, 11) is -8.16. The second kappa shape index (κ2) is 25.4. The fraction of sp³-hybridized carbons (Fsp3) is 1.00. The zero-order chi connectivity index (χ0) is 32.5. The van der Waals surface area contributed by atoms with E-state index in [4.69, 9.17) is 39.8 Å². The van der Waals surface area contributed by atoms with Crippen LogP contribution in [-0.2, 0) is 39.8 Å². The maximum absolute atomic E-state index is 6.20. The Hall–Kier alpha value is 0.251. The van der Waals surface area contributed by atoms with Gasteiger partial charge in [0.05, 0.1) is 26.2 Å². The summed E-state index contributed by atoms with van der Waals surface area (Å²) in [6.45, 7) is 30.0. The van der Waals surface area contributed by atoms with Gasteiger partial charge in [0.1, 0.15) is 0 Å². The minimum Gasteiger partial charge on any atom is -0.374 e. The first-order chi connectivity index (χ1) is 20.7. The first-order valence-corrected chi connectivity index (χ1v) is 23.1. The first kappa shape index (κ1) is 43.3. The van der Waals surface area contributed by atoms with Crippen molar-refractivity contribution < 1.29 is 44.3 Å². The summed E-state index contributed by atoms with van der Waals surface area (Å²) in [5.41, 5.74) is 0. The van der Waals surface area contributed by atoms with E-state index in [1.807, 2.05) is 62.3 Å². The third-order valence-electron chi connectivity index (χ3n) is 7.32. The maximum Gasteiger partial charge on any atom is 0.501 e. The molecule has 0 atom stereocenters. The van der Waals surface area contributed by atoms with Gasteiger partial charge in [0, 0.05) is 96.9 Å². The monoisotopic (exact) mass is 672 g/mol. The Balaban J connectivity index is 6.08. The van der Waals surface area contributed by atoms with Crippen LogP contribution in [0.5, 0.6) is 0 Å². The average molecular weight is 673 g/mol. The molecule has 0 aromatic heterocycles. The standard InChI is InChI=1S/C30H70NO9Si3/c1-11-24-31(25-21-28-41(32-12-2,33-13-3)34-14-4,26-22-29-42(35-15-5,36-16-6)37-17-7)27-23-30-43(38-18-8,39-19-9)40-20-10/h11-30H2,1-10H3/q+1. The quantitative estimate of drug-likeness (QED) is 0.0585.